The summed E-state index contributed by atoms with van der Waals surface area (Å²) in [6.07, 6.45) is 2.25. The number of amides is 1. The van der Waals surface area contributed by atoms with E-state index in [0.717, 1.165) is 55.7 Å². The van der Waals surface area contributed by atoms with Crippen molar-refractivity contribution in [2.24, 2.45) is 0 Å². The molecule has 1 aromatic carbocycles. The molecule has 2 aliphatic heterocycles. The van der Waals surface area contributed by atoms with Crippen molar-refractivity contribution in [3.8, 4) is 5.75 Å². The molecule has 0 spiro atoms. The number of likely N-dealkylation sites (tertiary alicyclic amines) is 1. The average molecular weight is 414 g/mol. The van der Waals surface area contributed by atoms with Gasteiger partial charge < -0.3 is 23.9 Å². The second-order valence-corrected chi connectivity index (χ2v) is 8.65. The van der Waals surface area contributed by atoms with Crippen LogP contribution in [0.5, 0.6) is 5.75 Å². The number of piperidine rings is 1. The fraction of sp³-hybridized carbons (Fsp3) is 0.565. The first-order chi connectivity index (χ1) is 14.4. The second-order valence-electron chi connectivity index (χ2n) is 8.65. The van der Waals surface area contributed by atoms with Gasteiger partial charge in [0.05, 0.1) is 6.42 Å². The lowest BCUT2D eigenvalue weighted by atomic mass is 10.1. The highest BCUT2D eigenvalue weighted by Gasteiger charge is 2.22. The van der Waals surface area contributed by atoms with E-state index < -0.39 is 5.63 Å². The van der Waals surface area contributed by atoms with Gasteiger partial charge >= 0.3 is 5.63 Å². The Balaban J connectivity index is 1.51. The second kappa shape index (κ2) is 8.78. The summed E-state index contributed by atoms with van der Waals surface area (Å²) < 4.78 is 11.9. The van der Waals surface area contributed by atoms with Gasteiger partial charge in [0, 0.05) is 55.8 Å². The van der Waals surface area contributed by atoms with E-state index in [1.54, 1.807) is 6.07 Å². The minimum absolute atomic E-state index is 0.0197. The largest absolute Gasteiger partial charge is 0.490 e. The minimum atomic E-state index is -0.440. The van der Waals surface area contributed by atoms with Gasteiger partial charge in [-0.3, -0.25) is 4.79 Å². The van der Waals surface area contributed by atoms with Gasteiger partial charge in [-0.15, -0.1) is 0 Å². The Kier molecular flexibility index (Phi) is 6.11. The zero-order valence-electron chi connectivity index (χ0n) is 18.1. The number of rotatable bonds is 4. The van der Waals surface area contributed by atoms with E-state index in [2.05, 4.69) is 16.8 Å². The van der Waals surface area contributed by atoms with E-state index in [0.29, 0.717) is 24.2 Å². The van der Waals surface area contributed by atoms with Crippen molar-refractivity contribution in [3.63, 3.8) is 0 Å². The molecule has 2 fully saturated rings. The Morgan fingerprint density at radius 1 is 1.07 bits per heavy atom. The molecule has 0 saturated carbocycles. The van der Waals surface area contributed by atoms with Gasteiger partial charge in [0.15, 0.2) is 0 Å². The number of piperazine rings is 1. The van der Waals surface area contributed by atoms with Crippen LogP contribution in [0.3, 0.4) is 0 Å². The molecule has 0 N–H and O–H groups in total. The predicted octanol–water partition coefficient (Wildman–Crippen LogP) is 1.89. The van der Waals surface area contributed by atoms with Gasteiger partial charge in [-0.05, 0) is 52.1 Å². The summed E-state index contributed by atoms with van der Waals surface area (Å²) in [6.45, 7) is 7.09. The van der Waals surface area contributed by atoms with Crippen molar-refractivity contribution in [2.45, 2.75) is 32.3 Å². The summed E-state index contributed by atoms with van der Waals surface area (Å²) in [5.41, 5.74) is 1.35. The Morgan fingerprint density at radius 2 is 1.73 bits per heavy atom. The predicted molar refractivity (Wildman–Crippen MR) is 116 cm³/mol. The number of carbonyl (C=O) groups excluding carboxylic acids is 1. The number of aryl methyl sites for hydroxylation is 1. The molecule has 1 aromatic heterocycles. The van der Waals surface area contributed by atoms with E-state index in [9.17, 15) is 9.59 Å². The zero-order chi connectivity index (χ0) is 21.3. The van der Waals surface area contributed by atoms with Gasteiger partial charge in [-0.1, -0.05) is 0 Å². The highest BCUT2D eigenvalue weighted by Crippen LogP contribution is 2.29. The van der Waals surface area contributed by atoms with E-state index in [1.807, 2.05) is 31.0 Å². The fourth-order valence-electron chi connectivity index (χ4n) is 4.21. The molecule has 7 nitrogen and oxygen atoms in total. The standard InChI is InChI=1S/C23H31N3O4/c1-16-20(29-19-6-8-24(2)9-7-19)5-4-17-14-18(23(28)30-22(16)17)15-21(27)26-12-10-25(3)11-13-26/h4-5,14,19H,6-13,15H2,1-3H3. The Bertz CT molecular complexity index is 970. The van der Waals surface area contributed by atoms with Crippen LogP contribution in [-0.2, 0) is 11.2 Å². The first-order valence-corrected chi connectivity index (χ1v) is 10.8. The summed E-state index contributed by atoms with van der Waals surface area (Å²) in [5.74, 6) is 0.746. The topological polar surface area (TPSA) is 66.2 Å². The summed E-state index contributed by atoms with van der Waals surface area (Å²) >= 11 is 0. The van der Waals surface area contributed by atoms with Crippen molar-refractivity contribution >= 4 is 16.9 Å². The molecule has 0 bridgehead atoms. The molecule has 0 radical (unpaired) electrons. The molecule has 0 atom stereocenters. The van der Waals surface area contributed by atoms with Gasteiger partial charge in [-0.2, -0.15) is 0 Å². The fourth-order valence-corrected chi connectivity index (χ4v) is 4.21. The summed E-state index contributed by atoms with van der Waals surface area (Å²) in [5, 5.41) is 0.823. The number of fused-ring (bicyclic) bond motifs is 1. The Labute approximate surface area is 177 Å². The van der Waals surface area contributed by atoms with Crippen LogP contribution in [0.15, 0.2) is 27.4 Å². The maximum atomic E-state index is 12.6. The highest BCUT2D eigenvalue weighted by atomic mass is 16.5. The molecule has 162 valence electrons. The first-order valence-electron chi connectivity index (χ1n) is 10.8. The van der Waals surface area contributed by atoms with Gasteiger partial charge in [0.1, 0.15) is 17.4 Å². The minimum Gasteiger partial charge on any atom is -0.490 e. The highest BCUT2D eigenvalue weighted by molar-refractivity contribution is 5.84. The van der Waals surface area contributed by atoms with Gasteiger partial charge in [0.25, 0.3) is 0 Å². The molecule has 30 heavy (non-hydrogen) atoms. The lowest BCUT2D eigenvalue weighted by molar-refractivity contribution is -0.132. The zero-order valence-corrected chi connectivity index (χ0v) is 18.1. The van der Waals surface area contributed by atoms with Crippen molar-refractivity contribution in [1.82, 2.24) is 14.7 Å². The van der Waals surface area contributed by atoms with Gasteiger partial charge in [0.2, 0.25) is 5.91 Å². The molecule has 0 unspecified atom stereocenters. The number of carbonyl (C=O) groups is 1. The molecule has 2 saturated heterocycles. The molecule has 7 heteroatoms. The Morgan fingerprint density at radius 3 is 2.43 bits per heavy atom. The lowest BCUT2D eigenvalue weighted by Gasteiger charge is -2.32. The number of hydrogen-bond acceptors (Lipinski definition) is 6. The third kappa shape index (κ3) is 4.52. The normalized spacial score (nSPS) is 19.4. The van der Waals surface area contributed by atoms with E-state index >= 15 is 0 Å². The van der Waals surface area contributed by atoms with Crippen molar-refractivity contribution in [2.75, 3.05) is 53.4 Å². The maximum absolute atomic E-state index is 12.6. The molecule has 2 aromatic rings. The number of ether oxygens (including phenoxy) is 1. The number of hydrogen-bond donors (Lipinski definition) is 0. The number of likely N-dealkylation sites (N-methyl/N-ethyl adjacent to an activating group) is 1. The van der Waals surface area contributed by atoms with E-state index in [1.165, 1.54) is 0 Å². The molecule has 4 rings (SSSR count). The third-order valence-corrected chi connectivity index (χ3v) is 6.33. The first kappa shape index (κ1) is 20.9. The van der Waals surface area contributed by atoms with Crippen LogP contribution >= 0.6 is 0 Å². The third-order valence-electron chi connectivity index (χ3n) is 6.33. The molecule has 3 heterocycles. The van der Waals surface area contributed by atoms with Crippen LogP contribution in [-0.4, -0.2) is 80.1 Å². The maximum Gasteiger partial charge on any atom is 0.339 e. The van der Waals surface area contributed by atoms with E-state index in [-0.39, 0.29) is 18.4 Å². The van der Waals surface area contributed by atoms with Crippen LogP contribution in [0.2, 0.25) is 0 Å². The molecule has 0 aliphatic carbocycles. The monoisotopic (exact) mass is 413 g/mol. The van der Waals surface area contributed by atoms with Crippen LogP contribution in [0.4, 0.5) is 0 Å². The lowest BCUT2D eigenvalue weighted by Crippen LogP contribution is -2.47. The molecule has 2 aliphatic rings. The average Bonchev–Trinajstić information content (AvgIpc) is 2.73. The van der Waals surface area contributed by atoms with Crippen LogP contribution in [0, 0.1) is 6.92 Å². The molecule has 1 amide bonds. The smallest absolute Gasteiger partial charge is 0.339 e. The van der Waals surface area contributed by atoms with E-state index in [4.69, 9.17) is 9.15 Å². The van der Waals surface area contributed by atoms with Crippen LogP contribution < -0.4 is 10.4 Å². The SMILES string of the molecule is Cc1c(OC2CCN(C)CC2)ccc2cc(CC(=O)N3CCN(C)CC3)c(=O)oc12. The molecular formula is C23H31N3O4. The summed E-state index contributed by atoms with van der Waals surface area (Å²) in [4.78, 5) is 31.6. The van der Waals surface area contributed by atoms with Crippen LogP contribution in [0.25, 0.3) is 11.0 Å². The molecular weight excluding hydrogens is 382 g/mol. The van der Waals surface area contributed by atoms with Gasteiger partial charge in [-0.25, -0.2) is 4.79 Å². The van der Waals surface area contributed by atoms with Crippen molar-refractivity contribution < 1.29 is 13.9 Å². The van der Waals surface area contributed by atoms with Crippen molar-refractivity contribution in [3.05, 3.63) is 39.7 Å². The number of nitrogens with zero attached hydrogens (tertiary/aromatic N) is 3. The number of benzene rings is 1. The Hall–Kier alpha value is -2.38. The quantitative estimate of drug-likeness (QED) is 0.714. The summed E-state index contributed by atoms with van der Waals surface area (Å²) in [7, 11) is 4.17. The van der Waals surface area contributed by atoms with Crippen LogP contribution in [0.1, 0.15) is 24.0 Å². The van der Waals surface area contributed by atoms with Crippen molar-refractivity contribution in [1.29, 1.82) is 0 Å². The summed E-state index contributed by atoms with van der Waals surface area (Å²) in [6, 6.07) is 5.66.